The number of nitrogens with one attached hydrogen (secondary N) is 2. The maximum Gasteiger partial charge on any atom is 0.142 e. The number of methoxy groups -OCH3 is 1. The number of rotatable bonds is 4. The van der Waals surface area contributed by atoms with E-state index in [-0.39, 0.29) is 5.54 Å². The molecule has 1 heterocycles. The molecule has 2 rings (SSSR count). The quantitative estimate of drug-likeness (QED) is 0.896. The lowest BCUT2D eigenvalue weighted by atomic mass is 10.1. The molecule has 1 aromatic heterocycles. The molecule has 2 aromatic rings. The Hall–Kier alpha value is -2.30. The van der Waals surface area contributed by atoms with Gasteiger partial charge in [-0.2, -0.15) is 0 Å². The third-order valence-corrected chi connectivity index (χ3v) is 2.79. The predicted octanol–water partition coefficient (Wildman–Crippen LogP) is 3.75. The molecule has 0 radical (unpaired) electrons. The second-order valence-corrected chi connectivity index (χ2v) is 5.99. The highest BCUT2D eigenvalue weighted by Gasteiger charge is 2.11. The van der Waals surface area contributed by atoms with E-state index < -0.39 is 0 Å². The van der Waals surface area contributed by atoms with Crippen LogP contribution in [0.3, 0.4) is 0 Å². The molecule has 21 heavy (non-hydrogen) atoms. The zero-order chi connectivity index (χ0) is 15.5. The summed E-state index contributed by atoms with van der Waals surface area (Å²) in [6, 6.07) is 7.86. The zero-order valence-corrected chi connectivity index (χ0v) is 13.2. The Balaban J connectivity index is 2.24. The number of ether oxygens (including phenoxy) is 1. The van der Waals surface area contributed by atoms with E-state index in [4.69, 9.17) is 4.74 Å². The Morgan fingerprint density at radius 1 is 1.05 bits per heavy atom. The molecule has 112 valence electrons. The molecule has 2 N–H and O–H groups in total. The monoisotopic (exact) mass is 286 g/mol. The molecule has 0 amide bonds. The standard InChI is InChI=1S/C16H22N4O/c1-11-6-7-13(21-5)12(8-11)19-14-9-15(18-10-17-14)20-16(2,3)4/h6-10H,1-5H3,(H2,17,18,19,20). The lowest BCUT2D eigenvalue weighted by molar-refractivity contribution is 0.416. The molecular weight excluding hydrogens is 264 g/mol. The van der Waals surface area contributed by atoms with Gasteiger partial charge in [-0.3, -0.25) is 0 Å². The van der Waals surface area contributed by atoms with Gasteiger partial charge in [0.05, 0.1) is 12.8 Å². The molecule has 1 aromatic carbocycles. The van der Waals surface area contributed by atoms with Gasteiger partial charge in [0, 0.05) is 11.6 Å². The van der Waals surface area contributed by atoms with Gasteiger partial charge in [0.15, 0.2) is 0 Å². The van der Waals surface area contributed by atoms with E-state index in [2.05, 4.69) is 41.4 Å². The van der Waals surface area contributed by atoms with Gasteiger partial charge in [0.25, 0.3) is 0 Å². The lowest BCUT2D eigenvalue weighted by Crippen LogP contribution is -2.26. The molecule has 0 aliphatic carbocycles. The Morgan fingerprint density at radius 3 is 2.43 bits per heavy atom. The van der Waals surface area contributed by atoms with Gasteiger partial charge >= 0.3 is 0 Å². The molecule has 0 atom stereocenters. The minimum absolute atomic E-state index is 0.0490. The van der Waals surface area contributed by atoms with Crippen LogP contribution in [0.2, 0.25) is 0 Å². The van der Waals surface area contributed by atoms with Crippen LogP contribution in [0.1, 0.15) is 26.3 Å². The van der Waals surface area contributed by atoms with Crippen molar-refractivity contribution < 1.29 is 4.74 Å². The minimum Gasteiger partial charge on any atom is -0.495 e. The summed E-state index contributed by atoms with van der Waals surface area (Å²) in [6.45, 7) is 8.31. The predicted molar refractivity (Wildman–Crippen MR) is 86.4 cm³/mol. The molecule has 5 heteroatoms. The zero-order valence-electron chi connectivity index (χ0n) is 13.2. The fraction of sp³-hybridized carbons (Fsp3) is 0.375. The molecular formula is C16H22N4O. The lowest BCUT2D eigenvalue weighted by Gasteiger charge is -2.21. The average molecular weight is 286 g/mol. The largest absolute Gasteiger partial charge is 0.495 e. The van der Waals surface area contributed by atoms with E-state index in [9.17, 15) is 0 Å². The first-order chi connectivity index (χ1) is 9.87. The van der Waals surface area contributed by atoms with Crippen LogP contribution in [0.25, 0.3) is 0 Å². The molecule has 0 bridgehead atoms. The summed E-state index contributed by atoms with van der Waals surface area (Å²) in [4.78, 5) is 8.49. The van der Waals surface area contributed by atoms with Crippen LogP contribution in [0.5, 0.6) is 5.75 Å². The van der Waals surface area contributed by atoms with Crippen LogP contribution in [0.15, 0.2) is 30.6 Å². The van der Waals surface area contributed by atoms with Crippen molar-refractivity contribution in [3.8, 4) is 5.75 Å². The van der Waals surface area contributed by atoms with Crippen LogP contribution in [-0.2, 0) is 0 Å². The first-order valence-corrected chi connectivity index (χ1v) is 6.89. The van der Waals surface area contributed by atoms with Crippen molar-refractivity contribution in [3.05, 3.63) is 36.2 Å². The van der Waals surface area contributed by atoms with Crippen molar-refractivity contribution in [1.82, 2.24) is 9.97 Å². The van der Waals surface area contributed by atoms with Crippen molar-refractivity contribution >= 4 is 17.3 Å². The smallest absolute Gasteiger partial charge is 0.142 e. The molecule has 0 aliphatic rings. The Morgan fingerprint density at radius 2 is 1.76 bits per heavy atom. The Labute approximate surface area is 125 Å². The van der Waals surface area contributed by atoms with Crippen molar-refractivity contribution in [3.63, 3.8) is 0 Å². The van der Waals surface area contributed by atoms with Gasteiger partial charge in [0.2, 0.25) is 0 Å². The highest BCUT2D eigenvalue weighted by Crippen LogP contribution is 2.28. The highest BCUT2D eigenvalue weighted by atomic mass is 16.5. The molecule has 0 spiro atoms. The third kappa shape index (κ3) is 4.34. The number of anilines is 3. The highest BCUT2D eigenvalue weighted by molar-refractivity contribution is 5.66. The Kier molecular flexibility index (Phi) is 4.31. The molecule has 0 saturated carbocycles. The van der Waals surface area contributed by atoms with Gasteiger partial charge in [-0.25, -0.2) is 9.97 Å². The number of hydrogen-bond donors (Lipinski definition) is 2. The van der Waals surface area contributed by atoms with Gasteiger partial charge in [-0.05, 0) is 45.4 Å². The van der Waals surface area contributed by atoms with Crippen molar-refractivity contribution in [2.24, 2.45) is 0 Å². The second-order valence-electron chi connectivity index (χ2n) is 5.99. The summed E-state index contributed by atoms with van der Waals surface area (Å²) in [7, 11) is 1.66. The van der Waals surface area contributed by atoms with Crippen LogP contribution in [0.4, 0.5) is 17.3 Å². The summed E-state index contributed by atoms with van der Waals surface area (Å²) in [5.41, 5.74) is 1.99. The molecule has 0 saturated heterocycles. The van der Waals surface area contributed by atoms with Crippen molar-refractivity contribution in [2.45, 2.75) is 33.2 Å². The summed E-state index contributed by atoms with van der Waals surface area (Å²) in [5, 5.41) is 6.60. The second kappa shape index (κ2) is 5.99. The fourth-order valence-corrected chi connectivity index (χ4v) is 1.94. The SMILES string of the molecule is COc1ccc(C)cc1Nc1cc(NC(C)(C)C)ncn1. The molecule has 0 unspecified atom stereocenters. The minimum atomic E-state index is -0.0490. The maximum atomic E-state index is 5.36. The van der Waals surface area contributed by atoms with E-state index >= 15 is 0 Å². The number of nitrogens with zero attached hydrogens (tertiary/aromatic N) is 2. The average Bonchev–Trinajstić information content (AvgIpc) is 2.37. The first kappa shape index (κ1) is 15.1. The summed E-state index contributed by atoms with van der Waals surface area (Å²) in [5.74, 6) is 2.29. The number of aromatic nitrogens is 2. The molecule has 0 fully saturated rings. The normalized spacial score (nSPS) is 11.1. The van der Waals surface area contributed by atoms with Crippen LogP contribution in [0, 0.1) is 6.92 Å². The van der Waals surface area contributed by atoms with Gasteiger partial charge in [0.1, 0.15) is 23.7 Å². The van der Waals surface area contributed by atoms with Gasteiger partial charge < -0.3 is 15.4 Å². The third-order valence-electron chi connectivity index (χ3n) is 2.79. The summed E-state index contributed by atoms with van der Waals surface area (Å²) < 4.78 is 5.36. The Bertz CT molecular complexity index is 620. The number of aryl methyl sites for hydroxylation is 1. The molecule has 0 aliphatic heterocycles. The van der Waals surface area contributed by atoms with Gasteiger partial charge in [-0.15, -0.1) is 0 Å². The number of hydrogen-bond acceptors (Lipinski definition) is 5. The van der Waals surface area contributed by atoms with Crippen LogP contribution >= 0.6 is 0 Å². The van der Waals surface area contributed by atoms with E-state index in [0.717, 1.165) is 28.6 Å². The van der Waals surface area contributed by atoms with E-state index in [0.29, 0.717) is 0 Å². The molecule has 5 nitrogen and oxygen atoms in total. The van der Waals surface area contributed by atoms with E-state index in [1.165, 1.54) is 0 Å². The van der Waals surface area contributed by atoms with Crippen LogP contribution < -0.4 is 15.4 Å². The number of benzene rings is 1. The van der Waals surface area contributed by atoms with Crippen LogP contribution in [-0.4, -0.2) is 22.6 Å². The summed E-state index contributed by atoms with van der Waals surface area (Å²) in [6.07, 6.45) is 1.54. The first-order valence-electron chi connectivity index (χ1n) is 6.89. The summed E-state index contributed by atoms with van der Waals surface area (Å²) >= 11 is 0. The fourth-order valence-electron chi connectivity index (χ4n) is 1.94. The maximum absolute atomic E-state index is 5.36. The van der Waals surface area contributed by atoms with Gasteiger partial charge in [-0.1, -0.05) is 6.07 Å². The van der Waals surface area contributed by atoms with E-state index in [1.54, 1.807) is 13.4 Å². The van der Waals surface area contributed by atoms with Crippen molar-refractivity contribution in [2.75, 3.05) is 17.7 Å². The topological polar surface area (TPSA) is 59.1 Å². The van der Waals surface area contributed by atoms with Crippen molar-refractivity contribution in [1.29, 1.82) is 0 Å². The van der Waals surface area contributed by atoms with E-state index in [1.807, 2.05) is 31.2 Å².